The van der Waals surface area contributed by atoms with Crippen molar-refractivity contribution >= 4 is 53.0 Å². The van der Waals surface area contributed by atoms with Crippen LogP contribution in [0.3, 0.4) is 0 Å². The van der Waals surface area contributed by atoms with Gasteiger partial charge in [-0.25, -0.2) is 0 Å². The van der Waals surface area contributed by atoms with Crippen LogP contribution in [0.4, 0.5) is 5.69 Å². The molecule has 1 atom stereocenters. The number of para-hydroxylation sites is 1. The SMILES string of the molecule is CC1=C(C)C(S(C)(C)Nc2ccccc2)c2ccc3sc4ccccc4c3c21. The van der Waals surface area contributed by atoms with Gasteiger partial charge in [-0.15, -0.1) is 11.3 Å². The molecule has 1 nitrogen and oxygen atoms in total. The van der Waals surface area contributed by atoms with E-state index in [9.17, 15) is 0 Å². The van der Waals surface area contributed by atoms with E-state index >= 15 is 0 Å². The average molecular weight is 404 g/mol. The first-order valence-corrected chi connectivity index (χ1v) is 13.0. The van der Waals surface area contributed by atoms with Gasteiger partial charge in [0.2, 0.25) is 0 Å². The van der Waals surface area contributed by atoms with E-state index in [0.29, 0.717) is 5.25 Å². The number of rotatable bonds is 3. The van der Waals surface area contributed by atoms with E-state index in [4.69, 9.17) is 0 Å². The molecule has 0 saturated carbocycles. The normalized spacial score (nSPS) is 17.4. The van der Waals surface area contributed by atoms with Gasteiger partial charge >= 0.3 is 0 Å². The highest BCUT2D eigenvalue weighted by molar-refractivity contribution is 8.34. The Labute approximate surface area is 172 Å². The monoisotopic (exact) mass is 403 g/mol. The number of hydrogen-bond donors (Lipinski definition) is 1. The first-order chi connectivity index (χ1) is 13.5. The van der Waals surface area contributed by atoms with Gasteiger partial charge in [0.05, 0.1) is 5.25 Å². The summed E-state index contributed by atoms with van der Waals surface area (Å²) in [5.41, 5.74) is 7.16. The number of nitrogens with one attached hydrogen (secondary N) is 1. The summed E-state index contributed by atoms with van der Waals surface area (Å²) in [5, 5.41) is 3.29. The molecule has 1 N–H and O–H groups in total. The second-order valence-electron chi connectivity index (χ2n) is 8.06. The molecule has 142 valence electrons. The van der Waals surface area contributed by atoms with Crippen molar-refractivity contribution in [1.82, 2.24) is 0 Å². The number of hydrogen-bond acceptors (Lipinski definition) is 2. The Balaban J connectivity index is 1.71. The van der Waals surface area contributed by atoms with E-state index in [1.54, 1.807) is 0 Å². The Bertz CT molecular complexity index is 1230. The maximum Gasteiger partial charge on any atom is 0.0511 e. The van der Waals surface area contributed by atoms with Gasteiger partial charge in [0.15, 0.2) is 0 Å². The van der Waals surface area contributed by atoms with E-state index in [0.717, 1.165) is 0 Å². The highest BCUT2D eigenvalue weighted by Gasteiger charge is 2.36. The highest BCUT2D eigenvalue weighted by Crippen LogP contribution is 2.63. The zero-order valence-corrected chi connectivity index (χ0v) is 18.4. The Kier molecular flexibility index (Phi) is 4.08. The minimum Gasteiger partial charge on any atom is -0.347 e. The lowest BCUT2D eigenvalue weighted by Crippen LogP contribution is -2.16. The number of anilines is 1. The molecule has 1 unspecified atom stereocenters. The molecule has 3 heteroatoms. The summed E-state index contributed by atoms with van der Waals surface area (Å²) in [5.74, 6) is 0. The number of benzene rings is 3. The largest absolute Gasteiger partial charge is 0.347 e. The molecule has 0 fully saturated rings. The predicted molar refractivity (Wildman–Crippen MR) is 130 cm³/mol. The summed E-state index contributed by atoms with van der Waals surface area (Å²) < 4.78 is 6.67. The molecular formula is C25H25NS2. The van der Waals surface area contributed by atoms with Crippen molar-refractivity contribution in [3.63, 3.8) is 0 Å². The standard InChI is InChI=1S/C25H25NS2/c1-16-17(2)25(28(3,4)26-18-10-6-5-7-11-18)20-14-15-22-24(23(16)20)19-12-8-9-13-21(19)27-22/h5-15,25-26H,1-4H3. The molecule has 0 spiro atoms. The third kappa shape index (κ3) is 2.61. The molecule has 0 saturated heterocycles. The van der Waals surface area contributed by atoms with Gasteiger partial charge in [-0.3, -0.25) is 0 Å². The Hall–Kier alpha value is -2.23. The van der Waals surface area contributed by atoms with Crippen molar-refractivity contribution < 1.29 is 0 Å². The van der Waals surface area contributed by atoms with Gasteiger partial charge in [0, 0.05) is 25.9 Å². The average Bonchev–Trinajstić information content (AvgIpc) is 3.18. The Morgan fingerprint density at radius 3 is 2.32 bits per heavy atom. The molecule has 1 aliphatic rings. The summed E-state index contributed by atoms with van der Waals surface area (Å²) in [6.07, 6.45) is 4.82. The molecule has 1 heterocycles. The third-order valence-corrected chi connectivity index (χ3v) is 9.65. The zero-order valence-electron chi connectivity index (χ0n) is 16.7. The first-order valence-electron chi connectivity index (χ1n) is 9.64. The quantitative estimate of drug-likeness (QED) is 0.365. The second kappa shape index (κ2) is 6.40. The molecule has 0 amide bonds. The van der Waals surface area contributed by atoms with Gasteiger partial charge in [-0.2, -0.15) is 10.2 Å². The minimum absolute atomic E-state index is 0.436. The molecule has 5 rings (SSSR count). The topological polar surface area (TPSA) is 12.0 Å². The molecule has 3 aromatic carbocycles. The van der Waals surface area contributed by atoms with Crippen molar-refractivity contribution in [2.45, 2.75) is 19.1 Å². The smallest absolute Gasteiger partial charge is 0.0511 e. The summed E-state index contributed by atoms with van der Waals surface area (Å²) in [6.45, 7) is 4.65. The van der Waals surface area contributed by atoms with Crippen molar-refractivity contribution in [2.24, 2.45) is 0 Å². The van der Waals surface area contributed by atoms with Crippen LogP contribution in [0.1, 0.15) is 30.2 Å². The fourth-order valence-corrected chi connectivity index (χ4v) is 8.58. The number of allylic oxidation sites excluding steroid dienone is 1. The lowest BCUT2D eigenvalue weighted by atomic mass is 9.99. The summed E-state index contributed by atoms with van der Waals surface area (Å²) in [4.78, 5) is 0. The van der Waals surface area contributed by atoms with Gasteiger partial charge in [-0.1, -0.05) is 48.0 Å². The van der Waals surface area contributed by atoms with E-state index in [-0.39, 0.29) is 0 Å². The third-order valence-electron chi connectivity index (χ3n) is 5.96. The van der Waals surface area contributed by atoms with E-state index in [2.05, 4.69) is 97.8 Å². The predicted octanol–water partition coefficient (Wildman–Crippen LogP) is 7.99. The van der Waals surface area contributed by atoms with Crippen LogP contribution in [-0.4, -0.2) is 12.5 Å². The molecular weight excluding hydrogens is 378 g/mol. The van der Waals surface area contributed by atoms with Gasteiger partial charge in [-0.05, 0) is 67.3 Å². The maximum atomic E-state index is 3.88. The molecule has 1 aliphatic carbocycles. The number of thiophene rings is 1. The van der Waals surface area contributed by atoms with E-state index in [1.807, 2.05) is 11.3 Å². The van der Waals surface area contributed by atoms with Crippen LogP contribution in [0, 0.1) is 0 Å². The molecule has 0 aliphatic heterocycles. The van der Waals surface area contributed by atoms with E-state index in [1.165, 1.54) is 48.1 Å². The van der Waals surface area contributed by atoms with Gasteiger partial charge in [0.1, 0.15) is 0 Å². The fraction of sp³-hybridized carbons (Fsp3) is 0.200. The van der Waals surface area contributed by atoms with Crippen molar-refractivity contribution in [1.29, 1.82) is 0 Å². The van der Waals surface area contributed by atoms with Crippen molar-refractivity contribution in [3.8, 4) is 0 Å². The van der Waals surface area contributed by atoms with E-state index < -0.39 is 10.2 Å². The number of fused-ring (bicyclic) bond motifs is 5. The zero-order chi connectivity index (χ0) is 19.5. The van der Waals surface area contributed by atoms with Crippen LogP contribution < -0.4 is 4.72 Å². The minimum atomic E-state index is -1.12. The maximum absolute atomic E-state index is 3.88. The van der Waals surface area contributed by atoms with Crippen LogP contribution in [0.5, 0.6) is 0 Å². The van der Waals surface area contributed by atoms with Crippen LogP contribution in [-0.2, 0) is 0 Å². The van der Waals surface area contributed by atoms with Gasteiger partial charge in [0.25, 0.3) is 0 Å². The molecule has 4 aromatic rings. The first kappa shape index (κ1) is 17.8. The Morgan fingerprint density at radius 2 is 1.54 bits per heavy atom. The highest BCUT2D eigenvalue weighted by atomic mass is 32.3. The molecule has 1 aromatic heterocycles. The lowest BCUT2D eigenvalue weighted by Gasteiger charge is -2.41. The Morgan fingerprint density at radius 1 is 0.821 bits per heavy atom. The van der Waals surface area contributed by atoms with Crippen LogP contribution in [0.15, 0.2) is 72.3 Å². The van der Waals surface area contributed by atoms with Gasteiger partial charge < -0.3 is 4.72 Å². The van der Waals surface area contributed by atoms with Crippen molar-refractivity contribution in [3.05, 3.63) is 83.4 Å². The molecule has 28 heavy (non-hydrogen) atoms. The summed E-state index contributed by atoms with van der Waals surface area (Å²) in [7, 11) is -1.12. The van der Waals surface area contributed by atoms with Crippen LogP contribution >= 0.6 is 21.6 Å². The second-order valence-corrected chi connectivity index (χ2v) is 12.6. The van der Waals surface area contributed by atoms with Crippen LogP contribution in [0.2, 0.25) is 0 Å². The summed E-state index contributed by atoms with van der Waals surface area (Å²) in [6, 6.07) is 24.2. The fourth-order valence-electron chi connectivity index (χ4n) is 4.71. The summed E-state index contributed by atoms with van der Waals surface area (Å²) >= 11 is 1.91. The van der Waals surface area contributed by atoms with Crippen LogP contribution in [0.25, 0.3) is 25.7 Å². The molecule has 0 bridgehead atoms. The lowest BCUT2D eigenvalue weighted by molar-refractivity contribution is 1.14. The van der Waals surface area contributed by atoms with Crippen molar-refractivity contribution in [2.75, 3.05) is 17.2 Å². The molecule has 0 radical (unpaired) electrons.